The van der Waals surface area contributed by atoms with Crippen molar-refractivity contribution in [3.63, 3.8) is 0 Å². The van der Waals surface area contributed by atoms with E-state index in [1.165, 1.54) is 23.0 Å². The zero-order valence-electron chi connectivity index (χ0n) is 8.03. The van der Waals surface area contributed by atoms with Crippen LogP contribution in [0.15, 0.2) is 33.8 Å². The second kappa shape index (κ2) is 3.97. The van der Waals surface area contributed by atoms with Gasteiger partial charge in [-0.2, -0.15) is 0 Å². The van der Waals surface area contributed by atoms with E-state index in [-0.39, 0.29) is 18.0 Å². The minimum atomic E-state index is -1.17. The van der Waals surface area contributed by atoms with Gasteiger partial charge in [-0.05, 0) is 6.07 Å². The van der Waals surface area contributed by atoms with Gasteiger partial charge >= 0.3 is 11.7 Å². The standard InChI is InChI=1S/C9H7N3O4/c13-8(14)7-4-6(16-11-7)5-12-3-1-2-10-9(12)15/h1-4H,5H2,(H,13,14). The average molecular weight is 221 g/mol. The number of carbonyl (C=O) groups is 1. The van der Waals surface area contributed by atoms with Crippen LogP contribution >= 0.6 is 0 Å². The normalized spacial score (nSPS) is 10.2. The molecule has 16 heavy (non-hydrogen) atoms. The van der Waals surface area contributed by atoms with Crippen LogP contribution < -0.4 is 5.69 Å². The van der Waals surface area contributed by atoms with E-state index < -0.39 is 11.7 Å². The van der Waals surface area contributed by atoms with Gasteiger partial charge < -0.3 is 9.63 Å². The molecule has 0 aliphatic carbocycles. The number of nitrogens with zero attached hydrogens (tertiary/aromatic N) is 3. The maximum atomic E-state index is 11.2. The van der Waals surface area contributed by atoms with Gasteiger partial charge in [-0.25, -0.2) is 14.6 Å². The minimum Gasteiger partial charge on any atom is -0.476 e. The summed E-state index contributed by atoms with van der Waals surface area (Å²) in [4.78, 5) is 25.3. The highest BCUT2D eigenvalue weighted by molar-refractivity contribution is 5.85. The van der Waals surface area contributed by atoms with Gasteiger partial charge in [-0.3, -0.25) is 4.57 Å². The van der Waals surface area contributed by atoms with Crippen molar-refractivity contribution in [2.24, 2.45) is 0 Å². The third kappa shape index (κ3) is 1.97. The largest absolute Gasteiger partial charge is 0.476 e. The third-order valence-corrected chi connectivity index (χ3v) is 1.89. The molecule has 0 radical (unpaired) electrons. The first kappa shape index (κ1) is 10.1. The predicted molar refractivity (Wildman–Crippen MR) is 51.1 cm³/mol. The molecule has 2 aromatic rings. The number of rotatable bonds is 3. The summed E-state index contributed by atoms with van der Waals surface area (Å²) in [6.45, 7) is 0.104. The zero-order valence-corrected chi connectivity index (χ0v) is 8.03. The van der Waals surface area contributed by atoms with Gasteiger partial charge in [-0.1, -0.05) is 5.16 Å². The molecule has 0 aliphatic rings. The fourth-order valence-electron chi connectivity index (χ4n) is 1.16. The molecular formula is C9H7N3O4. The molecule has 0 fully saturated rings. The van der Waals surface area contributed by atoms with Crippen LogP contribution in [0, 0.1) is 0 Å². The molecule has 7 nitrogen and oxygen atoms in total. The van der Waals surface area contributed by atoms with E-state index in [4.69, 9.17) is 9.63 Å². The second-order valence-corrected chi connectivity index (χ2v) is 3.01. The van der Waals surface area contributed by atoms with Gasteiger partial charge in [0.25, 0.3) is 0 Å². The molecular weight excluding hydrogens is 214 g/mol. The summed E-state index contributed by atoms with van der Waals surface area (Å²) in [7, 11) is 0. The maximum Gasteiger partial charge on any atom is 0.358 e. The number of hydrogen-bond acceptors (Lipinski definition) is 5. The van der Waals surface area contributed by atoms with Crippen molar-refractivity contribution in [2.45, 2.75) is 6.54 Å². The van der Waals surface area contributed by atoms with Crippen LogP contribution in [0.1, 0.15) is 16.2 Å². The van der Waals surface area contributed by atoms with Crippen LogP contribution in [-0.2, 0) is 6.54 Å². The Morgan fingerprint density at radius 2 is 2.38 bits per heavy atom. The van der Waals surface area contributed by atoms with Gasteiger partial charge in [0.2, 0.25) is 0 Å². The number of carboxylic acids is 1. The lowest BCUT2D eigenvalue weighted by molar-refractivity contribution is 0.0685. The van der Waals surface area contributed by atoms with E-state index in [0.717, 1.165) is 0 Å². The first-order valence-corrected chi connectivity index (χ1v) is 4.37. The molecule has 2 heterocycles. The van der Waals surface area contributed by atoms with Crippen molar-refractivity contribution in [1.82, 2.24) is 14.7 Å². The molecule has 0 saturated carbocycles. The Morgan fingerprint density at radius 1 is 1.56 bits per heavy atom. The van der Waals surface area contributed by atoms with Crippen molar-refractivity contribution >= 4 is 5.97 Å². The summed E-state index contributed by atoms with van der Waals surface area (Å²) >= 11 is 0. The molecule has 0 saturated heterocycles. The quantitative estimate of drug-likeness (QED) is 0.781. The molecule has 2 aromatic heterocycles. The monoisotopic (exact) mass is 221 g/mol. The lowest BCUT2D eigenvalue weighted by Crippen LogP contribution is -2.21. The number of carboxylic acid groups (broad SMARTS) is 1. The van der Waals surface area contributed by atoms with Gasteiger partial charge in [-0.15, -0.1) is 0 Å². The molecule has 82 valence electrons. The van der Waals surface area contributed by atoms with Crippen molar-refractivity contribution in [3.8, 4) is 0 Å². The SMILES string of the molecule is O=C(O)c1cc(Cn2cccnc2=O)on1. The maximum absolute atomic E-state index is 11.2. The zero-order chi connectivity index (χ0) is 11.5. The van der Waals surface area contributed by atoms with Crippen LogP contribution in [0.4, 0.5) is 0 Å². The summed E-state index contributed by atoms with van der Waals surface area (Å²) in [5.41, 5.74) is -0.622. The summed E-state index contributed by atoms with van der Waals surface area (Å²) in [6, 6.07) is 2.86. The van der Waals surface area contributed by atoms with E-state index in [1.807, 2.05) is 0 Å². The van der Waals surface area contributed by atoms with E-state index in [1.54, 1.807) is 6.07 Å². The van der Waals surface area contributed by atoms with Crippen molar-refractivity contribution in [1.29, 1.82) is 0 Å². The van der Waals surface area contributed by atoms with E-state index in [0.29, 0.717) is 0 Å². The fourth-order valence-corrected chi connectivity index (χ4v) is 1.16. The Bertz CT molecular complexity index is 572. The van der Waals surface area contributed by atoms with Crippen LogP contribution in [0.3, 0.4) is 0 Å². The molecule has 0 unspecified atom stereocenters. The minimum absolute atomic E-state index is 0.104. The highest BCUT2D eigenvalue weighted by Crippen LogP contribution is 2.04. The smallest absolute Gasteiger partial charge is 0.358 e. The van der Waals surface area contributed by atoms with E-state index in [2.05, 4.69) is 10.1 Å². The lowest BCUT2D eigenvalue weighted by atomic mass is 10.3. The molecule has 2 rings (SSSR count). The number of aromatic carboxylic acids is 1. The highest BCUT2D eigenvalue weighted by atomic mass is 16.5. The molecule has 0 aromatic carbocycles. The molecule has 0 amide bonds. The molecule has 0 spiro atoms. The van der Waals surface area contributed by atoms with Crippen LogP contribution in [0.5, 0.6) is 0 Å². The van der Waals surface area contributed by atoms with Crippen molar-refractivity contribution < 1.29 is 14.4 Å². The highest BCUT2D eigenvalue weighted by Gasteiger charge is 2.11. The summed E-state index contributed by atoms with van der Waals surface area (Å²) in [6.07, 6.45) is 2.90. The topological polar surface area (TPSA) is 98.2 Å². The van der Waals surface area contributed by atoms with E-state index >= 15 is 0 Å². The molecule has 1 N–H and O–H groups in total. The Labute approximate surface area is 89.0 Å². The Morgan fingerprint density at radius 3 is 3.00 bits per heavy atom. The lowest BCUT2D eigenvalue weighted by Gasteiger charge is -1.98. The second-order valence-electron chi connectivity index (χ2n) is 3.01. The van der Waals surface area contributed by atoms with Gasteiger partial charge in [0.15, 0.2) is 11.5 Å². The molecule has 7 heteroatoms. The van der Waals surface area contributed by atoms with Crippen molar-refractivity contribution in [3.05, 3.63) is 46.5 Å². The summed E-state index contributed by atoms with van der Waals surface area (Å²) in [5.74, 6) is -0.888. The first-order chi connectivity index (χ1) is 7.66. The van der Waals surface area contributed by atoms with Crippen LogP contribution in [-0.4, -0.2) is 25.8 Å². The summed E-state index contributed by atoms with van der Waals surface area (Å²) < 4.78 is 6.05. The average Bonchev–Trinajstić information content (AvgIpc) is 2.70. The number of aromatic nitrogens is 3. The Balaban J connectivity index is 2.24. The summed E-state index contributed by atoms with van der Waals surface area (Å²) in [5, 5.41) is 11.9. The predicted octanol–water partition coefficient (Wildman–Crippen LogP) is -0.0222. The van der Waals surface area contributed by atoms with Crippen molar-refractivity contribution in [2.75, 3.05) is 0 Å². The molecule has 0 bridgehead atoms. The Kier molecular flexibility index (Phi) is 2.50. The van der Waals surface area contributed by atoms with E-state index in [9.17, 15) is 9.59 Å². The third-order valence-electron chi connectivity index (χ3n) is 1.89. The number of hydrogen-bond donors (Lipinski definition) is 1. The fraction of sp³-hybridized carbons (Fsp3) is 0.111. The van der Waals surface area contributed by atoms with Gasteiger partial charge in [0.1, 0.15) is 0 Å². The first-order valence-electron chi connectivity index (χ1n) is 4.37. The van der Waals surface area contributed by atoms with Gasteiger partial charge in [0.05, 0.1) is 6.54 Å². The molecule has 0 atom stereocenters. The molecule has 0 aliphatic heterocycles. The van der Waals surface area contributed by atoms with Crippen LogP contribution in [0.25, 0.3) is 0 Å². The Hall–Kier alpha value is -2.44. The van der Waals surface area contributed by atoms with Gasteiger partial charge in [0, 0.05) is 18.5 Å². The van der Waals surface area contributed by atoms with Crippen LogP contribution in [0.2, 0.25) is 0 Å².